The third-order valence-electron chi connectivity index (χ3n) is 10.6. The summed E-state index contributed by atoms with van der Waals surface area (Å²) in [4.78, 5) is 11.0. The van der Waals surface area contributed by atoms with Crippen LogP contribution in [0.2, 0.25) is 13.1 Å². The number of ether oxygens (including phenoxy) is 2. The van der Waals surface area contributed by atoms with Gasteiger partial charge in [-0.3, -0.25) is 4.79 Å². The third kappa shape index (κ3) is 13.5. The predicted octanol–water partition coefficient (Wildman–Crippen LogP) is 8.56. The van der Waals surface area contributed by atoms with Crippen LogP contribution in [0.4, 0.5) is 0 Å². The van der Waals surface area contributed by atoms with Gasteiger partial charge in [0, 0.05) is 13.2 Å². The number of aliphatic hydroxyl groups excluding tert-OH is 1. The van der Waals surface area contributed by atoms with Crippen LogP contribution in [0.1, 0.15) is 51.7 Å². The zero-order chi connectivity index (χ0) is 42.9. The van der Waals surface area contributed by atoms with Crippen LogP contribution in [0.3, 0.4) is 0 Å². The first kappa shape index (κ1) is 46.0. The highest BCUT2D eigenvalue weighted by molar-refractivity contribution is 6.97. The molecule has 0 atom stereocenters. The van der Waals surface area contributed by atoms with E-state index in [4.69, 9.17) is 18.3 Å². The lowest BCUT2D eigenvalue weighted by molar-refractivity contribution is -0.119. The monoisotopic (exact) mass is 838 g/mol. The predicted molar refractivity (Wildman–Crippen MR) is 252 cm³/mol. The molecule has 0 aromatic heterocycles. The largest absolute Gasteiger partial charge is 0.485 e. The second-order valence-electron chi connectivity index (χ2n) is 16.6. The zero-order valence-corrected chi connectivity index (χ0v) is 38.2. The first-order chi connectivity index (χ1) is 28.9. The summed E-state index contributed by atoms with van der Waals surface area (Å²) in [6.45, 7) is 13.2. The molecule has 0 saturated heterocycles. The summed E-state index contributed by atoms with van der Waals surface area (Å²) in [7, 11) is -4.46. The summed E-state index contributed by atoms with van der Waals surface area (Å²) in [5.74, 6) is 1.49. The van der Waals surface area contributed by atoms with Gasteiger partial charge in [-0.25, -0.2) is 0 Å². The normalized spacial score (nSPS) is 11.9. The minimum atomic E-state index is -2.23. The molecule has 0 aliphatic carbocycles. The fraction of sp³-hybridized carbons (Fsp3) is 0.288. The Bertz CT molecular complexity index is 2050. The maximum absolute atomic E-state index is 11.0. The molecule has 0 fully saturated rings. The first-order valence-electron chi connectivity index (χ1n) is 21.0. The lowest BCUT2D eigenvalue weighted by Crippen LogP contribution is -2.58. The highest BCUT2D eigenvalue weighted by Crippen LogP contribution is 2.21. The van der Waals surface area contributed by atoms with Gasteiger partial charge in [0.1, 0.15) is 17.1 Å². The molecule has 0 saturated carbocycles. The molecule has 1 N–H and O–H groups in total. The average molecular weight is 839 g/mol. The van der Waals surface area contributed by atoms with Crippen molar-refractivity contribution in [3.05, 3.63) is 181 Å². The van der Waals surface area contributed by atoms with Crippen LogP contribution >= 0.6 is 0 Å². The van der Waals surface area contributed by atoms with Gasteiger partial charge in [0.25, 0.3) is 16.6 Å². The summed E-state index contributed by atoms with van der Waals surface area (Å²) in [5.41, 5.74) is 1.12. The first-order valence-corrected chi connectivity index (χ1v) is 25.8. The number of rotatable bonds is 20. The van der Waals surface area contributed by atoms with Crippen LogP contribution in [0, 0.1) is 0 Å². The van der Waals surface area contributed by atoms with Crippen molar-refractivity contribution >= 4 is 43.7 Å². The van der Waals surface area contributed by atoms with E-state index in [0.717, 1.165) is 44.3 Å². The third-order valence-corrected chi connectivity index (χ3v) is 17.9. The van der Waals surface area contributed by atoms with Gasteiger partial charge in [-0.2, -0.15) is 0 Å². The van der Waals surface area contributed by atoms with E-state index >= 15 is 0 Å². The standard InChI is InChI=1S/C26H32O3Si.C26H30O3Si/c2*1-26(2,21-27)29-23-18-16-22(17-19-23)11-10-20-28-30(3,24-12-6-4-7-13-24)25-14-8-5-9-15-25/h4-9,12-19,27H,10-11,20-21H2,1-3H3;4-9,12-19,21H,10-11,20H2,1-3H3. The van der Waals surface area contributed by atoms with Gasteiger partial charge in [-0.05, 0) is 123 Å². The Labute approximate surface area is 360 Å². The van der Waals surface area contributed by atoms with E-state index in [-0.39, 0.29) is 6.61 Å². The topological polar surface area (TPSA) is 74.2 Å². The fourth-order valence-corrected chi connectivity index (χ4v) is 12.7. The molecule has 0 spiro atoms. The van der Waals surface area contributed by atoms with Gasteiger partial charge in [-0.15, -0.1) is 0 Å². The Morgan fingerprint density at radius 3 is 1.10 bits per heavy atom. The molecule has 0 unspecified atom stereocenters. The SMILES string of the molecule is CC(C)(C=O)Oc1ccc(CCCO[Si](C)(c2ccccc2)c2ccccc2)cc1.CC(C)(CO)Oc1ccc(CCCO[Si](C)(c2ccccc2)c2ccccc2)cc1. The number of benzene rings is 6. The molecule has 6 nitrogen and oxygen atoms in total. The lowest BCUT2D eigenvalue weighted by Gasteiger charge is -2.28. The summed E-state index contributed by atoms with van der Waals surface area (Å²) in [6, 6.07) is 58.5. The molecule has 0 bridgehead atoms. The van der Waals surface area contributed by atoms with Crippen molar-refractivity contribution in [1.29, 1.82) is 0 Å². The Hall–Kier alpha value is -5.10. The highest BCUT2D eigenvalue weighted by atomic mass is 28.4. The maximum Gasteiger partial charge on any atom is 0.252 e. The van der Waals surface area contributed by atoms with Crippen molar-refractivity contribution in [2.75, 3.05) is 19.8 Å². The van der Waals surface area contributed by atoms with Crippen molar-refractivity contribution in [2.24, 2.45) is 0 Å². The molecule has 0 amide bonds. The van der Waals surface area contributed by atoms with Crippen LogP contribution < -0.4 is 30.2 Å². The van der Waals surface area contributed by atoms with Gasteiger partial charge < -0.3 is 23.4 Å². The van der Waals surface area contributed by atoms with Crippen LogP contribution in [-0.2, 0) is 26.5 Å². The molecular weight excluding hydrogens is 777 g/mol. The summed E-state index contributed by atoms with van der Waals surface area (Å²) in [6.07, 6.45) is 4.62. The van der Waals surface area contributed by atoms with E-state index in [2.05, 4.69) is 147 Å². The highest BCUT2D eigenvalue weighted by Gasteiger charge is 2.35. The Balaban J connectivity index is 0.000000228. The number of hydrogen-bond acceptors (Lipinski definition) is 6. The molecule has 6 rings (SSSR count). The second kappa shape index (κ2) is 22.0. The maximum atomic E-state index is 11.0. The van der Waals surface area contributed by atoms with E-state index in [1.165, 1.54) is 31.9 Å². The quantitative estimate of drug-likeness (QED) is 0.0472. The van der Waals surface area contributed by atoms with Crippen molar-refractivity contribution in [2.45, 2.75) is 77.7 Å². The summed E-state index contributed by atoms with van der Waals surface area (Å²) >= 11 is 0. The molecule has 0 heterocycles. The van der Waals surface area contributed by atoms with Gasteiger partial charge >= 0.3 is 0 Å². The van der Waals surface area contributed by atoms with Crippen molar-refractivity contribution < 1.29 is 28.2 Å². The Morgan fingerprint density at radius 1 is 0.483 bits per heavy atom. The minimum Gasteiger partial charge on any atom is -0.485 e. The number of aliphatic hydroxyl groups is 1. The molecule has 6 aromatic rings. The Kier molecular flexibility index (Phi) is 16.8. The number of carbonyl (C=O) groups is 1. The average Bonchev–Trinajstić information content (AvgIpc) is 3.29. The molecule has 6 aromatic carbocycles. The molecule has 0 radical (unpaired) electrons. The number of hydrogen-bond donors (Lipinski definition) is 1. The number of aldehydes is 1. The van der Waals surface area contributed by atoms with Crippen LogP contribution in [0.5, 0.6) is 11.5 Å². The molecule has 0 aliphatic heterocycles. The van der Waals surface area contributed by atoms with E-state index in [1.807, 2.05) is 50.2 Å². The van der Waals surface area contributed by atoms with Crippen molar-refractivity contribution in [3.63, 3.8) is 0 Å². The molecule has 314 valence electrons. The minimum absolute atomic E-state index is 0.0163. The lowest BCUT2D eigenvalue weighted by atomic mass is 10.1. The summed E-state index contributed by atoms with van der Waals surface area (Å²) < 4.78 is 24.7. The zero-order valence-electron chi connectivity index (χ0n) is 36.2. The van der Waals surface area contributed by atoms with Gasteiger partial charge in [0.15, 0.2) is 11.9 Å². The number of carbonyl (C=O) groups excluding carboxylic acids is 1. The molecule has 0 aliphatic rings. The Morgan fingerprint density at radius 2 is 0.800 bits per heavy atom. The number of aryl methyl sites for hydroxylation is 2. The molecule has 8 heteroatoms. The van der Waals surface area contributed by atoms with Gasteiger partial charge in [-0.1, -0.05) is 146 Å². The van der Waals surface area contributed by atoms with E-state index in [1.54, 1.807) is 13.8 Å². The molecular formula is C52H62O6Si2. The van der Waals surface area contributed by atoms with E-state index in [0.29, 0.717) is 12.4 Å². The molecule has 60 heavy (non-hydrogen) atoms. The second-order valence-corrected chi connectivity index (χ2v) is 23.6. The van der Waals surface area contributed by atoms with Gasteiger partial charge in [0.2, 0.25) is 0 Å². The fourth-order valence-electron chi connectivity index (χ4n) is 6.92. The van der Waals surface area contributed by atoms with Crippen molar-refractivity contribution in [1.82, 2.24) is 0 Å². The van der Waals surface area contributed by atoms with Crippen LogP contribution in [0.15, 0.2) is 170 Å². The smallest absolute Gasteiger partial charge is 0.252 e. The van der Waals surface area contributed by atoms with E-state index in [9.17, 15) is 9.90 Å². The van der Waals surface area contributed by atoms with Crippen molar-refractivity contribution in [3.8, 4) is 11.5 Å². The van der Waals surface area contributed by atoms with Crippen LogP contribution in [0.25, 0.3) is 0 Å². The van der Waals surface area contributed by atoms with E-state index < -0.39 is 27.8 Å². The van der Waals surface area contributed by atoms with Crippen LogP contribution in [-0.4, -0.2) is 59.1 Å². The summed E-state index contributed by atoms with van der Waals surface area (Å²) in [5, 5.41) is 14.5. The van der Waals surface area contributed by atoms with Gasteiger partial charge in [0.05, 0.1) is 6.61 Å².